The number of carbonyl (C=O) groups excluding carboxylic acids is 2. The number of cyclic esters (lactones) is 1. The molecule has 2 unspecified atom stereocenters. The molecule has 4 aliphatic heterocycles. The zero-order valence-corrected chi connectivity index (χ0v) is 11.8. The highest BCUT2D eigenvalue weighted by molar-refractivity contribution is 5.94. The molecule has 0 aromatic heterocycles. The van der Waals surface area contributed by atoms with Crippen molar-refractivity contribution >= 4 is 11.9 Å². The van der Waals surface area contributed by atoms with Crippen molar-refractivity contribution in [2.45, 2.75) is 51.1 Å². The smallest absolute Gasteiger partial charge is 0.336 e. The summed E-state index contributed by atoms with van der Waals surface area (Å²) in [5, 5.41) is 3.60. The highest BCUT2D eigenvalue weighted by Crippen LogP contribution is 2.48. The number of piperidine rings is 1. The van der Waals surface area contributed by atoms with Crippen molar-refractivity contribution in [2.24, 2.45) is 5.41 Å². The number of ether oxygens (including phenoxy) is 1. The van der Waals surface area contributed by atoms with Crippen molar-refractivity contribution in [1.29, 1.82) is 0 Å². The van der Waals surface area contributed by atoms with E-state index < -0.39 is 0 Å². The van der Waals surface area contributed by atoms with Gasteiger partial charge in [-0.25, -0.2) is 4.79 Å². The summed E-state index contributed by atoms with van der Waals surface area (Å²) in [6.07, 6.45) is 5.23. The van der Waals surface area contributed by atoms with Crippen molar-refractivity contribution < 1.29 is 14.3 Å². The van der Waals surface area contributed by atoms with Gasteiger partial charge in [-0.3, -0.25) is 4.79 Å². The first kappa shape index (κ1) is 12.4. The molecule has 2 atom stereocenters. The minimum atomic E-state index is -0.279. The number of carbonyl (C=O) groups is 2. The van der Waals surface area contributed by atoms with Crippen LogP contribution in [0.4, 0.5) is 0 Å². The molecule has 0 aromatic carbocycles. The van der Waals surface area contributed by atoms with Crippen LogP contribution in [0.15, 0.2) is 11.3 Å². The molecule has 1 spiro atoms. The maximum atomic E-state index is 12.9. The second kappa shape index (κ2) is 4.07. The van der Waals surface area contributed by atoms with E-state index in [9.17, 15) is 9.59 Å². The van der Waals surface area contributed by atoms with Crippen molar-refractivity contribution in [1.82, 2.24) is 10.2 Å². The third-order valence-electron chi connectivity index (χ3n) is 5.53. The summed E-state index contributed by atoms with van der Waals surface area (Å²) < 4.78 is 5.05. The SMILES string of the molecule is CC1=C(N2CCC3(CC4CCC(C3)N4)C2=O)COC1=O. The van der Waals surface area contributed by atoms with E-state index in [1.807, 2.05) is 4.90 Å². The summed E-state index contributed by atoms with van der Waals surface area (Å²) in [6.45, 7) is 2.76. The number of hydrogen-bond donors (Lipinski definition) is 1. The fourth-order valence-electron chi connectivity index (χ4n) is 4.46. The van der Waals surface area contributed by atoms with E-state index in [0.717, 1.165) is 31.5 Å². The molecular formula is C15H20N2O3. The molecule has 3 saturated heterocycles. The minimum Gasteiger partial charge on any atom is -0.456 e. The number of nitrogens with one attached hydrogen (secondary N) is 1. The Balaban J connectivity index is 1.62. The fraction of sp³-hybridized carbons (Fsp3) is 0.733. The molecule has 4 aliphatic rings. The molecule has 0 aromatic rings. The van der Waals surface area contributed by atoms with Gasteiger partial charge in [0.15, 0.2) is 0 Å². The molecule has 1 N–H and O–H groups in total. The Labute approximate surface area is 118 Å². The largest absolute Gasteiger partial charge is 0.456 e. The lowest BCUT2D eigenvalue weighted by Gasteiger charge is -2.36. The van der Waals surface area contributed by atoms with Crippen LogP contribution in [0.3, 0.4) is 0 Å². The zero-order valence-electron chi connectivity index (χ0n) is 11.8. The van der Waals surface area contributed by atoms with E-state index in [-0.39, 0.29) is 23.9 Å². The Morgan fingerprint density at radius 1 is 1.25 bits per heavy atom. The van der Waals surface area contributed by atoms with Crippen LogP contribution in [0.1, 0.15) is 39.0 Å². The van der Waals surface area contributed by atoms with Crippen LogP contribution in [0.5, 0.6) is 0 Å². The maximum Gasteiger partial charge on any atom is 0.336 e. The van der Waals surface area contributed by atoms with E-state index in [4.69, 9.17) is 4.74 Å². The molecule has 1 amide bonds. The van der Waals surface area contributed by atoms with Crippen molar-refractivity contribution in [2.75, 3.05) is 13.2 Å². The summed E-state index contributed by atoms with van der Waals surface area (Å²) in [6, 6.07) is 1.02. The predicted molar refractivity (Wildman–Crippen MR) is 71.6 cm³/mol. The minimum absolute atomic E-state index is 0.185. The molecule has 2 bridgehead atoms. The first-order chi connectivity index (χ1) is 9.59. The summed E-state index contributed by atoms with van der Waals surface area (Å²) in [5.41, 5.74) is 1.21. The van der Waals surface area contributed by atoms with Gasteiger partial charge >= 0.3 is 5.97 Å². The van der Waals surface area contributed by atoms with Gasteiger partial charge in [-0.05, 0) is 39.0 Å². The molecule has 5 heteroatoms. The summed E-state index contributed by atoms with van der Waals surface area (Å²) in [4.78, 5) is 26.3. The van der Waals surface area contributed by atoms with Crippen LogP contribution in [0.2, 0.25) is 0 Å². The van der Waals surface area contributed by atoms with Gasteiger partial charge in [0.05, 0.1) is 16.7 Å². The molecule has 4 rings (SSSR count). The number of nitrogens with zero attached hydrogens (tertiary/aromatic N) is 1. The average Bonchev–Trinajstić information content (AvgIpc) is 3.03. The first-order valence-electron chi connectivity index (χ1n) is 7.54. The van der Waals surface area contributed by atoms with E-state index in [1.165, 1.54) is 12.8 Å². The van der Waals surface area contributed by atoms with Crippen LogP contribution in [-0.4, -0.2) is 42.0 Å². The van der Waals surface area contributed by atoms with Crippen LogP contribution < -0.4 is 5.32 Å². The van der Waals surface area contributed by atoms with Gasteiger partial charge in [0.2, 0.25) is 5.91 Å². The Kier molecular flexibility index (Phi) is 2.52. The fourth-order valence-corrected chi connectivity index (χ4v) is 4.46. The first-order valence-corrected chi connectivity index (χ1v) is 7.54. The number of amides is 1. The van der Waals surface area contributed by atoms with Crippen molar-refractivity contribution in [3.05, 3.63) is 11.3 Å². The molecule has 4 heterocycles. The molecule has 0 saturated carbocycles. The summed E-state index contributed by atoms with van der Waals surface area (Å²) in [7, 11) is 0. The number of hydrogen-bond acceptors (Lipinski definition) is 4. The third-order valence-corrected chi connectivity index (χ3v) is 5.53. The highest BCUT2D eigenvalue weighted by atomic mass is 16.5. The lowest BCUT2D eigenvalue weighted by Crippen LogP contribution is -2.48. The van der Waals surface area contributed by atoms with Gasteiger partial charge in [-0.15, -0.1) is 0 Å². The summed E-state index contributed by atoms with van der Waals surface area (Å²) in [5.74, 6) is -0.0531. The average molecular weight is 276 g/mol. The molecule has 20 heavy (non-hydrogen) atoms. The second-order valence-corrected chi connectivity index (χ2v) is 6.68. The van der Waals surface area contributed by atoms with E-state index in [0.29, 0.717) is 17.7 Å². The van der Waals surface area contributed by atoms with Gasteiger partial charge in [0.25, 0.3) is 0 Å². The number of esters is 1. The monoisotopic (exact) mass is 276 g/mol. The van der Waals surface area contributed by atoms with E-state index >= 15 is 0 Å². The van der Waals surface area contributed by atoms with Crippen LogP contribution in [-0.2, 0) is 14.3 Å². The maximum absolute atomic E-state index is 12.9. The van der Waals surface area contributed by atoms with Crippen LogP contribution in [0, 0.1) is 5.41 Å². The molecular weight excluding hydrogens is 256 g/mol. The number of rotatable bonds is 1. The molecule has 3 fully saturated rings. The Bertz CT molecular complexity index is 513. The van der Waals surface area contributed by atoms with E-state index in [2.05, 4.69) is 5.32 Å². The van der Waals surface area contributed by atoms with Crippen molar-refractivity contribution in [3.8, 4) is 0 Å². The molecule has 5 nitrogen and oxygen atoms in total. The highest BCUT2D eigenvalue weighted by Gasteiger charge is 2.54. The Morgan fingerprint density at radius 3 is 2.55 bits per heavy atom. The predicted octanol–water partition coefficient (Wildman–Crippen LogP) is 0.950. The molecule has 0 radical (unpaired) electrons. The van der Waals surface area contributed by atoms with Gasteiger partial charge in [0.1, 0.15) is 6.61 Å². The van der Waals surface area contributed by atoms with Crippen LogP contribution >= 0.6 is 0 Å². The molecule has 108 valence electrons. The lowest BCUT2D eigenvalue weighted by atomic mass is 9.74. The van der Waals surface area contributed by atoms with Gasteiger partial charge in [0, 0.05) is 18.6 Å². The van der Waals surface area contributed by atoms with Gasteiger partial charge in [-0.1, -0.05) is 0 Å². The second-order valence-electron chi connectivity index (χ2n) is 6.68. The third kappa shape index (κ3) is 1.59. The quantitative estimate of drug-likeness (QED) is 0.724. The van der Waals surface area contributed by atoms with Crippen LogP contribution in [0.25, 0.3) is 0 Å². The van der Waals surface area contributed by atoms with Crippen molar-refractivity contribution in [3.63, 3.8) is 0 Å². The summed E-state index contributed by atoms with van der Waals surface area (Å²) >= 11 is 0. The molecule has 0 aliphatic carbocycles. The Hall–Kier alpha value is -1.36. The standard InChI is InChI=1S/C15H20N2O3/c1-9-12(8-20-13(9)18)17-5-4-15(14(17)19)6-10-2-3-11(7-15)16-10/h10-11,16H,2-8H2,1H3. The lowest BCUT2D eigenvalue weighted by molar-refractivity contribution is -0.138. The van der Waals surface area contributed by atoms with E-state index in [1.54, 1.807) is 6.92 Å². The van der Waals surface area contributed by atoms with Gasteiger partial charge < -0.3 is 15.0 Å². The number of likely N-dealkylation sites (tertiary alicyclic amines) is 1. The normalized spacial score (nSPS) is 40.1. The van der Waals surface area contributed by atoms with Gasteiger partial charge in [-0.2, -0.15) is 0 Å². The topological polar surface area (TPSA) is 58.6 Å². The zero-order chi connectivity index (χ0) is 13.9. The Morgan fingerprint density at radius 2 is 1.95 bits per heavy atom. The number of fused-ring (bicyclic) bond motifs is 2.